The third-order valence-electron chi connectivity index (χ3n) is 5.27. The van der Waals surface area contributed by atoms with E-state index < -0.39 is 0 Å². The van der Waals surface area contributed by atoms with Crippen LogP contribution in [0.15, 0.2) is 12.1 Å². The Bertz CT molecular complexity index is 538. The summed E-state index contributed by atoms with van der Waals surface area (Å²) in [4.78, 5) is 12.3. The van der Waals surface area contributed by atoms with Gasteiger partial charge in [-0.05, 0) is 68.1 Å². The van der Waals surface area contributed by atoms with Gasteiger partial charge in [-0.15, -0.1) is 0 Å². The highest BCUT2D eigenvalue weighted by Gasteiger charge is 2.39. The molecule has 3 rings (SSSR count). The Morgan fingerprint density at radius 2 is 2.05 bits per heavy atom. The summed E-state index contributed by atoms with van der Waals surface area (Å²) in [7, 11) is 0. The number of hydrogen-bond acceptors (Lipinski definition) is 2. The van der Waals surface area contributed by atoms with Crippen molar-refractivity contribution in [2.24, 2.45) is 17.8 Å². The molecule has 3 N–H and O–H groups in total. The van der Waals surface area contributed by atoms with Crippen LogP contribution < -0.4 is 11.1 Å². The van der Waals surface area contributed by atoms with Gasteiger partial charge in [-0.2, -0.15) is 0 Å². The second kappa shape index (κ2) is 5.12. The van der Waals surface area contributed by atoms with Crippen molar-refractivity contribution in [1.82, 2.24) is 5.32 Å². The van der Waals surface area contributed by atoms with E-state index in [1.165, 1.54) is 25.7 Å². The maximum atomic E-state index is 12.3. The Balaban J connectivity index is 1.63. The van der Waals surface area contributed by atoms with E-state index in [-0.39, 0.29) is 5.91 Å². The smallest absolute Gasteiger partial charge is 0.251 e. The summed E-state index contributed by atoms with van der Waals surface area (Å²) in [6, 6.07) is 3.79. The molecule has 1 aromatic carbocycles. The van der Waals surface area contributed by atoms with Crippen LogP contribution in [0.1, 0.15) is 47.2 Å². The summed E-state index contributed by atoms with van der Waals surface area (Å²) in [5.74, 6) is 2.50. The molecule has 0 aromatic heterocycles. The summed E-state index contributed by atoms with van der Waals surface area (Å²) in [5.41, 5.74) is 9.37. The standard InChI is InChI=1S/C17H24N2O/c1-10-5-11(2)16(18)8-15(10)17(20)19-9-14-7-12-3-4-13(14)6-12/h5,8,12-14H,3-4,6-7,9,18H2,1-2H3,(H,19,20). The lowest BCUT2D eigenvalue weighted by Crippen LogP contribution is -2.32. The van der Waals surface area contributed by atoms with E-state index in [0.717, 1.165) is 35.1 Å². The van der Waals surface area contributed by atoms with Crippen LogP contribution in [-0.4, -0.2) is 12.5 Å². The molecule has 2 saturated carbocycles. The maximum absolute atomic E-state index is 12.3. The molecule has 0 heterocycles. The molecule has 2 aliphatic carbocycles. The predicted octanol–water partition coefficient (Wildman–Crippen LogP) is 3.05. The largest absolute Gasteiger partial charge is 0.398 e. The minimum absolute atomic E-state index is 0.0250. The third-order valence-corrected chi connectivity index (χ3v) is 5.27. The molecule has 2 bridgehead atoms. The van der Waals surface area contributed by atoms with E-state index in [9.17, 15) is 4.79 Å². The monoisotopic (exact) mass is 272 g/mol. The van der Waals surface area contributed by atoms with Gasteiger partial charge in [-0.3, -0.25) is 4.79 Å². The predicted molar refractivity (Wildman–Crippen MR) is 81.6 cm³/mol. The van der Waals surface area contributed by atoms with Gasteiger partial charge in [-0.25, -0.2) is 0 Å². The number of carbonyl (C=O) groups is 1. The normalized spacial score (nSPS) is 27.8. The van der Waals surface area contributed by atoms with Crippen LogP contribution >= 0.6 is 0 Å². The van der Waals surface area contributed by atoms with Gasteiger partial charge in [0.05, 0.1) is 0 Å². The van der Waals surface area contributed by atoms with Crippen molar-refractivity contribution in [1.29, 1.82) is 0 Å². The van der Waals surface area contributed by atoms with E-state index in [1.54, 1.807) is 6.07 Å². The minimum atomic E-state index is 0.0250. The fraction of sp³-hybridized carbons (Fsp3) is 0.588. The van der Waals surface area contributed by atoms with Crippen molar-refractivity contribution in [3.05, 3.63) is 28.8 Å². The van der Waals surface area contributed by atoms with Gasteiger partial charge >= 0.3 is 0 Å². The molecule has 108 valence electrons. The quantitative estimate of drug-likeness (QED) is 0.831. The van der Waals surface area contributed by atoms with Crippen molar-refractivity contribution in [2.75, 3.05) is 12.3 Å². The maximum Gasteiger partial charge on any atom is 0.251 e. The van der Waals surface area contributed by atoms with Gasteiger partial charge in [0.2, 0.25) is 0 Å². The average molecular weight is 272 g/mol. The number of nitrogen functional groups attached to an aromatic ring is 1. The van der Waals surface area contributed by atoms with Crippen molar-refractivity contribution in [3.63, 3.8) is 0 Å². The molecule has 3 atom stereocenters. The van der Waals surface area contributed by atoms with Crippen LogP contribution in [0, 0.1) is 31.6 Å². The molecule has 1 aromatic rings. The summed E-state index contributed by atoms with van der Waals surface area (Å²) in [6.45, 7) is 4.77. The van der Waals surface area contributed by atoms with E-state index in [1.807, 2.05) is 19.9 Å². The van der Waals surface area contributed by atoms with Crippen LogP contribution in [0.4, 0.5) is 5.69 Å². The van der Waals surface area contributed by atoms with Crippen LogP contribution in [0.5, 0.6) is 0 Å². The Morgan fingerprint density at radius 3 is 2.70 bits per heavy atom. The lowest BCUT2D eigenvalue weighted by Gasteiger charge is -2.22. The first-order chi connectivity index (χ1) is 9.54. The second-order valence-electron chi connectivity index (χ2n) is 6.67. The number of aryl methyl sites for hydroxylation is 2. The number of fused-ring (bicyclic) bond motifs is 2. The topological polar surface area (TPSA) is 55.1 Å². The summed E-state index contributed by atoms with van der Waals surface area (Å²) >= 11 is 0. The fourth-order valence-electron chi connectivity index (χ4n) is 4.06. The summed E-state index contributed by atoms with van der Waals surface area (Å²) < 4.78 is 0. The first-order valence-electron chi connectivity index (χ1n) is 7.69. The Morgan fingerprint density at radius 1 is 1.25 bits per heavy atom. The second-order valence-corrected chi connectivity index (χ2v) is 6.67. The molecule has 2 fully saturated rings. The molecule has 3 heteroatoms. The highest BCUT2D eigenvalue weighted by Crippen LogP contribution is 2.47. The zero-order valence-electron chi connectivity index (χ0n) is 12.4. The van der Waals surface area contributed by atoms with Crippen molar-refractivity contribution in [2.45, 2.75) is 39.5 Å². The molecule has 0 radical (unpaired) electrons. The number of nitrogens with two attached hydrogens (primary N) is 1. The number of nitrogens with one attached hydrogen (secondary N) is 1. The van der Waals surface area contributed by atoms with E-state index in [4.69, 9.17) is 5.73 Å². The molecule has 0 spiro atoms. The SMILES string of the molecule is Cc1cc(C)c(C(=O)NCC2CC3CCC2C3)cc1N. The number of benzene rings is 1. The van der Waals surface area contributed by atoms with E-state index in [2.05, 4.69) is 5.32 Å². The Hall–Kier alpha value is -1.51. The first-order valence-corrected chi connectivity index (χ1v) is 7.69. The van der Waals surface area contributed by atoms with Crippen molar-refractivity contribution < 1.29 is 4.79 Å². The Labute approximate surface area is 120 Å². The molecule has 0 aliphatic heterocycles. The van der Waals surface area contributed by atoms with Crippen LogP contribution in [0.3, 0.4) is 0 Å². The molecule has 3 nitrogen and oxygen atoms in total. The lowest BCUT2D eigenvalue weighted by atomic mass is 9.89. The molecule has 0 saturated heterocycles. The Kier molecular flexibility index (Phi) is 3.45. The summed E-state index contributed by atoms with van der Waals surface area (Å²) in [6.07, 6.45) is 5.46. The number of hydrogen-bond donors (Lipinski definition) is 2. The number of carbonyl (C=O) groups excluding carboxylic acids is 1. The highest BCUT2D eigenvalue weighted by atomic mass is 16.1. The minimum Gasteiger partial charge on any atom is -0.398 e. The van der Waals surface area contributed by atoms with E-state index >= 15 is 0 Å². The lowest BCUT2D eigenvalue weighted by molar-refractivity contribution is 0.0941. The number of rotatable bonds is 3. The molecular weight excluding hydrogens is 248 g/mol. The van der Waals surface area contributed by atoms with Crippen LogP contribution in [-0.2, 0) is 0 Å². The van der Waals surface area contributed by atoms with Crippen molar-refractivity contribution >= 4 is 11.6 Å². The van der Waals surface area contributed by atoms with Gasteiger partial charge in [0.1, 0.15) is 0 Å². The molecule has 1 amide bonds. The van der Waals surface area contributed by atoms with Gasteiger partial charge in [0, 0.05) is 17.8 Å². The zero-order valence-corrected chi connectivity index (χ0v) is 12.4. The fourth-order valence-corrected chi connectivity index (χ4v) is 4.06. The van der Waals surface area contributed by atoms with Gasteiger partial charge in [0.25, 0.3) is 5.91 Å². The molecule has 3 unspecified atom stereocenters. The third kappa shape index (κ3) is 2.41. The van der Waals surface area contributed by atoms with E-state index in [0.29, 0.717) is 11.6 Å². The average Bonchev–Trinajstić information content (AvgIpc) is 3.02. The molecule has 2 aliphatic rings. The number of anilines is 1. The zero-order chi connectivity index (χ0) is 14.3. The molecule has 20 heavy (non-hydrogen) atoms. The van der Waals surface area contributed by atoms with Gasteiger partial charge in [-0.1, -0.05) is 12.5 Å². The van der Waals surface area contributed by atoms with Gasteiger partial charge < -0.3 is 11.1 Å². The molecular formula is C17H24N2O. The number of amides is 1. The van der Waals surface area contributed by atoms with Crippen LogP contribution in [0.2, 0.25) is 0 Å². The summed E-state index contributed by atoms with van der Waals surface area (Å²) in [5, 5.41) is 3.12. The van der Waals surface area contributed by atoms with Crippen molar-refractivity contribution in [3.8, 4) is 0 Å². The highest BCUT2D eigenvalue weighted by molar-refractivity contribution is 5.96. The first kappa shape index (κ1) is 13.5. The van der Waals surface area contributed by atoms with Crippen LogP contribution in [0.25, 0.3) is 0 Å². The van der Waals surface area contributed by atoms with Gasteiger partial charge in [0.15, 0.2) is 0 Å².